The number of hydrogen-bond acceptors (Lipinski definition) is 6. The SMILES string of the molecule is Cc1nc(CC(=O)N2CCC[C@@H](CN(C(=O)Cc3csc(C)n3)C(C)C)C2)cs1. The van der Waals surface area contributed by atoms with E-state index in [9.17, 15) is 9.59 Å². The summed E-state index contributed by atoms with van der Waals surface area (Å²) in [4.78, 5) is 38.4. The number of amides is 2. The second kappa shape index (κ2) is 9.80. The number of hydrogen-bond donors (Lipinski definition) is 0. The van der Waals surface area contributed by atoms with Gasteiger partial charge in [-0.05, 0) is 46.5 Å². The lowest BCUT2D eigenvalue weighted by atomic mass is 9.96. The van der Waals surface area contributed by atoms with E-state index in [4.69, 9.17) is 0 Å². The lowest BCUT2D eigenvalue weighted by Gasteiger charge is -2.37. The van der Waals surface area contributed by atoms with Gasteiger partial charge in [-0.2, -0.15) is 0 Å². The molecule has 0 N–H and O–H groups in total. The first-order chi connectivity index (χ1) is 13.8. The van der Waals surface area contributed by atoms with Crippen LogP contribution in [-0.2, 0) is 22.4 Å². The maximum absolute atomic E-state index is 12.9. The summed E-state index contributed by atoms with van der Waals surface area (Å²) in [6.45, 7) is 10.2. The first-order valence-corrected chi connectivity index (χ1v) is 12.0. The smallest absolute Gasteiger partial charge is 0.228 e. The summed E-state index contributed by atoms with van der Waals surface area (Å²) < 4.78 is 0. The van der Waals surface area contributed by atoms with Gasteiger partial charge in [0.25, 0.3) is 0 Å². The number of aryl methyl sites for hydroxylation is 2. The van der Waals surface area contributed by atoms with Crippen molar-refractivity contribution in [2.75, 3.05) is 19.6 Å². The molecule has 1 aliphatic rings. The van der Waals surface area contributed by atoms with E-state index in [1.807, 2.05) is 34.4 Å². The molecule has 1 aliphatic heterocycles. The van der Waals surface area contributed by atoms with Crippen molar-refractivity contribution in [2.24, 2.45) is 5.92 Å². The zero-order valence-corrected chi connectivity index (χ0v) is 19.3. The molecular weight excluding hydrogens is 404 g/mol. The molecule has 0 bridgehead atoms. The van der Waals surface area contributed by atoms with Crippen LogP contribution < -0.4 is 0 Å². The van der Waals surface area contributed by atoms with E-state index >= 15 is 0 Å². The van der Waals surface area contributed by atoms with Crippen LogP contribution in [0.3, 0.4) is 0 Å². The van der Waals surface area contributed by atoms with Gasteiger partial charge in [0.1, 0.15) is 0 Å². The summed E-state index contributed by atoms with van der Waals surface area (Å²) in [7, 11) is 0. The van der Waals surface area contributed by atoms with Gasteiger partial charge < -0.3 is 9.80 Å². The van der Waals surface area contributed by atoms with E-state index < -0.39 is 0 Å². The van der Waals surface area contributed by atoms with Crippen molar-refractivity contribution in [2.45, 2.75) is 59.4 Å². The van der Waals surface area contributed by atoms with Crippen molar-refractivity contribution in [3.63, 3.8) is 0 Å². The molecule has 29 heavy (non-hydrogen) atoms. The van der Waals surface area contributed by atoms with E-state index in [1.165, 1.54) is 0 Å². The highest BCUT2D eigenvalue weighted by molar-refractivity contribution is 7.09. The van der Waals surface area contributed by atoms with Crippen molar-refractivity contribution in [1.82, 2.24) is 19.8 Å². The fourth-order valence-electron chi connectivity index (χ4n) is 3.82. The number of thiazole rings is 2. The third-order valence-electron chi connectivity index (χ3n) is 5.27. The Kier molecular flexibility index (Phi) is 7.40. The van der Waals surface area contributed by atoms with Crippen LogP contribution in [0.1, 0.15) is 48.1 Å². The summed E-state index contributed by atoms with van der Waals surface area (Å²) in [6, 6.07) is 0.131. The van der Waals surface area contributed by atoms with Gasteiger partial charge in [-0.25, -0.2) is 9.97 Å². The van der Waals surface area contributed by atoms with Gasteiger partial charge in [0.05, 0.1) is 34.2 Å². The highest BCUT2D eigenvalue weighted by atomic mass is 32.1. The van der Waals surface area contributed by atoms with E-state index in [0.717, 1.165) is 40.8 Å². The number of carbonyl (C=O) groups excluding carboxylic acids is 2. The Morgan fingerprint density at radius 2 is 1.76 bits per heavy atom. The highest BCUT2D eigenvalue weighted by Gasteiger charge is 2.28. The van der Waals surface area contributed by atoms with E-state index in [1.54, 1.807) is 22.7 Å². The van der Waals surface area contributed by atoms with Gasteiger partial charge >= 0.3 is 0 Å². The van der Waals surface area contributed by atoms with E-state index in [2.05, 4.69) is 23.8 Å². The van der Waals surface area contributed by atoms with Crippen molar-refractivity contribution in [3.8, 4) is 0 Å². The molecule has 1 fully saturated rings. The molecule has 158 valence electrons. The number of carbonyl (C=O) groups is 2. The monoisotopic (exact) mass is 434 g/mol. The average Bonchev–Trinajstić information content (AvgIpc) is 3.27. The quantitative estimate of drug-likeness (QED) is 0.669. The lowest BCUT2D eigenvalue weighted by Crippen LogP contribution is -2.47. The molecular formula is C21H30N4O2S2. The first-order valence-electron chi connectivity index (χ1n) is 10.2. The van der Waals surface area contributed by atoms with Gasteiger partial charge in [-0.1, -0.05) is 0 Å². The Morgan fingerprint density at radius 1 is 1.14 bits per heavy atom. The molecule has 8 heteroatoms. The molecule has 0 aromatic carbocycles. The zero-order chi connectivity index (χ0) is 21.0. The van der Waals surface area contributed by atoms with Gasteiger partial charge in [0, 0.05) is 36.4 Å². The average molecular weight is 435 g/mol. The summed E-state index contributed by atoms with van der Waals surface area (Å²) >= 11 is 3.16. The van der Waals surface area contributed by atoms with Crippen LogP contribution in [0.5, 0.6) is 0 Å². The Labute approximate surface area is 181 Å². The Hall–Kier alpha value is -1.80. The zero-order valence-electron chi connectivity index (χ0n) is 17.7. The minimum Gasteiger partial charge on any atom is -0.342 e. The summed E-state index contributed by atoms with van der Waals surface area (Å²) in [5.41, 5.74) is 1.71. The van der Waals surface area contributed by atoms with Crippen LogP contribution in [0.15, 0.2) is 10.8 Å². The largest absolute Gasteiger partial charge is 0.342 e. The normalized spacial score (nSPS) is 17.0. The molecule has 1 atom stereocenters. The Bertz CT molecular complexity index is 845. The van der Waals surface area contributed by atoms with Crippen LogP contribution in [0, 0.1) is 19.8 Å². The fourth-order valence-corrected chi connectivity index (χ4v) is 5.05. The molecule has 0 aliphatic carbocycles. The minimum absolute atomic E-state index is 0.117. The minimum atomic E-state index is 0.117. The topological polar surface area (TPSA) is 66.4 Å². The number of aromatic nitrogens is 2. The third kappa shape index (κ3) is 6.09. The summed E-state index contributed by atoms with van der Waals surface area (Å²) in [5.74, 6) is 0.570. The van der Waals surface area contributed by atoms with Crippen molar-refractivity contribution in [3.05, 3.63) is 32.2 Å². The van der Waals surface area contributed by atoms with Crippen LogP contribution in [0.2, 0.25) is 0 Å². The molecule has 0 unspecified atom stereocenters. The van der Waals surface area contributed by atoms with Gasteiger partial charge in [0.2, 0.25) is 11.8 Å². The Morgan fingerprint density at radius 3 is 2.31 bits per heavy atom. The molecule has 1 saturated heterocycles. The fraction of sp³-hybridized carbons (Fsp3) is 0.619. The number of rotatable bonds is 7. The molecule has 0 radical (unpaired) electrons. The predicted molar refractivity (Wildman–Crippen MR) is 117 cm³/mol. The van der Waals surface area contributed by atoms with E-state index in [0.29, 0.717) is 31.8 Å². The van der Waals surface area contributed by atoms with Crippen molar-refractivity contribution >= 4 is 34.5 Å². The molecule has 3 heterocycles. The molecule has 6 nitrogen and oxygen atoms in total. The van der Waals surface area contributed by atoms with E-state index in [-0.39, 0.29) is 17.9 Å². The number of nitrogens with zero attached hydrogens (tertiary/aromatic N) is 4. The number of piperidine rings is 1. The van der Waals surface area contributed by atoms with Crippen LogP contribution in [-0.4, -0.2) is 57.3 Å². The summed E-state index contributed by atoms with van der Waals surface area (Å²) in [6.07, 6.45) is 2.75. The highest BCUT2D eigenvalue weighted by Crippen LogP contribution is 2.21. The van der Waals surface area contributed by atoms with Gasteiger partial charge in [-0.15, -0.1) is 22.7 Å². The van der Waals surface area contributed by atoms with Crippen molar-refractivity contribution in [1.29, 1.82) is 0 Å². The van der Waals surface area contributed by atoms with Gasteiger partial charge in [-0.3, -0.25) is 9.59 Å². The third-order valence-corrected chi connectivity index (χ3v) is 6.91. The second-order valence-electron chi connectivity index (χ2n) is 8.06. The van der Waals surface area contributed by atoms with Crippen LogP contribution in [0.25, 0.3) is 0 Å². The molecule has 0 saturated carbocycles. The standard InChI is InChI=1S/C21H30N4O2S2/c1-14(2)25(21(27)9-19-13-29-16(4)23-19)11-17-6-5-7-24(10-17)20(26)8-18-12-28-15(3)22-18/h12-14,17H,5-11H2,1-4H3/t17-/m1/s1. The molecule has 2 amide bonds. The molecule has 2 aromatic rings. The molecule has 2 aromatic heterocycles. The number of likely N-dealkylation sites (tertiary alicyclic amines) is 1. The molecule has 3 rings (SSSR count). The second-order valence-corrected chi connectivity index (χ2v) is 10.2. The maximum atomic E-state index is 12.9. The van der Waals surface area contributed by atoms with Crippen molar-refractivity contribution < 1.29 is 9.59 Å². The van der Waals surface area contributed by atoms with Gasteiger partial charge in [0.15, 0.2) is 0 Å². The molecule has 0 spiro atoms. The first kappa shape index (κ1) is 21.9. The summed E-state index contributed by atoms with van der Waals surface area (Å²) in [5, 5.41) is 5.91. The predicted octanol–water partition coefficient (Wildman–Crippen LogP) is 3.48. The van der Waals surface area contributed by atoms with Crippen LogP contribution >= 0.6 is 22.7 Å². The maximum Gasteiger partial charge on any atom is 0.228 e. The van der Waals surface area contributed by atoms with Crippen LogP contribution in [0.4, 0.5) is 0 Å². The Balaban J connectivity index is 1.57. The lowest BCUT2D eigenvalue weighted by molar-refractivity contribution is -0.134.